The number of aliphatic hydroxyl groups is 1. The van der Waals surface area contributed by atoms with Crippen LogP contribution in [0, 0.1) is 17.8 Å². The molecule has 2 aliphatic carbocycles. The van der Waals surface area contributed by atoms with Crippen molar-refractivity contribution in [2.45, 2.75) is 38.1 Å². The van der Waals surface area contributed by atoms with Crippen molar-refractivity contribution in [2.24, 2.45) is 17.8 Å². The van der Waals surface area contributed by atoms with Gasteiger partial charge in [0, 0.05) is 18.6 Å². The van der Waals surface area contributed by atoms with E-state index in [1.54, 1.807) is 0 Å². The molecule has 2 N–H and O–H groups in total. The second-order valence-corrected chi connectivity index (χ2v) is 9.80. The van der Waals surface area contributed by atoms with Gasteiger partial charge in [0.25, 0.3) is 0 Å². The molecular formula is C30H33NO3. The molecule has 1 fully saturated rings. The maximum Gasteiger partial charge on any atom is 0.407 e. The molecule has 0 radical (unpaired) electrons. The Morgan fingerprint density at radius 3 is 2.21 bits per heavy atom. The Bertz CT molecular complexity index is 1080. The van der Waals surface area contributed by atoms with E-state index in [4.69, 9.17) is 4.74 Å². The van der Waals surface area contributed by atoms with E-state index in [9.17, 15) is 9.90 Å². The number of aliphatic hydroxyl groups excluding tert-OH is 1. The predicted molar refractivity (Wildman–Crippen MR) is 135 cm³/mol. The van der Waals surface area contributed by atoms with Crippen LogP contribution in [0.5, 0.6) is 0 Å². The molecule has 0 bridgehead atoms. The Kier molecular flexibility index (Phi) is 6.68. The molecule has 0 heterocycles. The topological polar surface area (TPSA) is 58.6 Å². The third-order valence-corrected chi connectivity index (χ3v) is 7.76. The summed E-state index contributed by atoms with van der Waals surface area (Å²) >= 11 is 0. The SMILES string of the molecule is C[C@H]([C@@H]1C[C@@H]1CO)[C@@H](CCc1ccccc1)NC(=O)OCC1c2ccccc2-c2ccccc21. The molecule has 34 heavy (non-hydrogen) atoms. The summed E-state index contributed by atoms with van der Waals surface area (Å²) in [5.41, 5.74) is 6.16. The maximum absolute atomic E-state index is 13.0. The van der Waals surface area contributed by atoms with Crippen LogP contribution in [0.15, 0.2) is 78.9 Å². The molecule has 2 aliphatic rings. The minimum absolute atomic E-state index is 0.0115. The van der Waals surface area contributed by atoms with Gasteiger partial charge in [0.1, 0.15) is 6.61 Å². The summed E-state index contributed by atoms with van der Waals surface area (Å²) in [5, 5.41) is 12.7. The zero-order chi connectivity index (χ0) is 23.5. The van der Waals surface area contributed by atoms with Crippen molar-refractivity contribution in [3.63, 3.8) is 0 Å². The summed E-state index contributed by atoms with van der Waals surface area (Å²) in [5.74, 6) is 1.17. The van der Waals surface area contributed by atoms with Gasteiger partial charge in [-0.15, -0.1) is 0 Å². The lowest BCUT2D eigenvalue weighted by molar-refractivity contribution is 0.132. The molecule has 0 unspecified atom stereocenters. The molecule has 3 aromatic rings. The van der Waals surface area contributed by atoms with Gasteiger partial charge in [0.2, 0.25) is 0 Å². The third-order valence-electron chi connectivity index (χ3n) is 7.76. The standard InChI is InChI=1S/C30H33NO3/c1-20(27-17-22(27)18-32)29(16-15-21-9-3-2-4-10-21)31-30(33)34-19-28-25-13-7-5-11-23(25)24-12-6-8-14-26(24)28/h2-14,20,22,27-29,32H,15-19H2,1H3,(H,31,33)/t20-,22-,27+,29-/m1/s1. The van der Waals surface area contributed by atoms with E-state index in [0.717, 1.165) is 19.3 Å². The number of hydrogen-bond donors (Lipinski definition) is 2. The van der Waals surface area contributed by atoms with E-state index >= 15 is 0 Å². The minimum Gasteiger partial charge on any atom is -0.449 e. The number of alkyl carbamates (subject to hydrolysis) is 1. The summed E-state index contributed by atoms with van der Waals surface area (Å²) < 4.78 is 5.83. The van der Waals surface area contributed by atoms with Crippen LogP contribution in [0.25, 0.3) is 11.1 Å². The lowest BCUT2D eigenvalue weighted by atomic mass is 9.90. The van der Waals surface area contributed by atoms with Crippen LogP contribution in [0.2, 0.25) is 0 Å². The van der Waals surface area contributed by atoms with Crippen molar-refractivity contribution in [3.8, 4) is 11.1 Å². The molecule has 0 saturated heterocycles. The van der Waals surface area contributed by atoms with Gasteiger partial charge >= 0.3 is 6.09 Å². The first-order chi connectivity index (χ1) is 16.7. The quantitative estimate of drug-likeness (QED) is 0.429. The van der Waals surface area contributed by atoms with Crippen LogP contribution < -0.4 is 5.32 Å². The first kappa shape index (κ1) is 22.7. The van der Waals surface area contributed by atoms with Crippen molar-refractivity contribution in [2.75, 3.05) is 13.2 Å². The van der Waals surface area contributed by atoms with Crippen LogP contribution >= 0.6 is 0 Å². The van der Waals surface area contributed by atoms with Crippen molar-refractivity contribution >= 4 is 6.09 Å². The van der Waals surface area contributed by atoms with Gasteiger partial charge in [-0.2, -0.15) is 0 Å². The van der Waals surface area contributed by atoms with Crippen LogP contribution in [0.4, 0.5) is 4.79 Å². The Labute approximate surface area is 202 Å². The number of ether oxygens (including phenoxy) is 1. The molecule has 0 aromatic heterocycles. The molecule has 5 rings (SSSR count). The minimum atomic E-state index is -0.354. The van der Waals surface area contributed by atoms with E-state index in [0.29, 0.717) is 24.4 Å². The number of nitrogens with one attached hydrogen (secondary N) is 1. The van der Waals surface area contributed by atoms with Gasteiger partial charge in [-0.3, -0.25) is 0 Å². The van der Waals surface area contributed by atoms with Crippen LogP contribution in [0.1, 0.15) is 42.4 Å². The molecule has 1 saturated carbocycles. The highest BCUT2D eigenvalue weighted by Gasteiger charge is 2.43. The summed E-state index contributed by atoms with van der Waals surface area (Å²) in [6.45, 7) is 2.74. The lowest BCUT2D eigenvalue weighted by Crippen LogP contribution is -2.41. The molecule has 0 aliphatic heterocycles. The monoisotopic (exact) mass is 455 g/mol. The smallest absolute Gasteiger partial charge is 0.407 e. The van der Waals surface area contributed by atoms with E-state index in [1.807, 2.05) is 18.2 Å². The first-order valence-corrected chi connectivity index (χ1v) is 12.4. The average Bonchev–Trinajstić information content (AvgIpc) is 3.61. The van der Waals surface area contributed by atoms with Gasteiger partial charge in [0.05, 0.1) is 0 Å². The fourth-order valence-corrected chi connectivity index (χ4v) is 5.65. The van der Waals surface area contributed by atoms with Crippen LogP contribution in [-0.4, -0.2) is 30.5 Å². The fourth-order valence-electron chi connectivity index (χ4n) is 5.65. The van der Waals surface area contributed by atoms with Gasteiger partial charge in [-0.1, -0.05) is 85.8 Å². The number of rotatable bonds is 9. The van der Waals surface area contributed by atoms with E-state index in [-0.39, 0.29) is 24.7 Å². The van der Waals surface area contributed by atoms with E-state index < -0.39 is 0 Å². The van der Waals surface area contributed by atoms with E-state index in [1.165, 1.54) is 27.8 Å². The number of amides is 1. The summed E-state index contributed by atoms with van der Waals surface area (Å²) in [6.07, 6.45) is 2.43. The predicted octanol–water partition coefficient (Wildman–Crippen LogP) is 5.79. The van der Waals surface area contributed by atoms with E-state index in [2.05, 4.69) is 72.9 Å². The normalized spacial score (nSPS) is 20.2. The van der Waals surface area contributed by atoms with Crippen molar-refractivity contribution in [1.29, 1.82) is 0 Å². The number of aryl methyl sites for hydroxylation is 1. The lowest BCUT2D eigenvalue weighted by Gasteiger charge is -2.26. The van der Waals surface area contributed by atoms with Crippen molar-refractivity contribution in [1.82, 2.24) is 5.32 Å². The van der Waals surface area contributed by atoms with Crippen molar-refractivity contribution < 1.29 is 14.6 Å². The Balaban J connectivity index is 1.24. The largest absolute Gasteiger partial charge is 0.449 e. The van der Waals surface area contributed by atoms with Crippen LogP contribution in [0.3, 0.4) is 0 Å². The number of benzene rings is 3. The Hall–Kier alpha value is -3.11. The molecular weight excluding hydrogens is 422 g/mol. The molecule has 4 heteroatoms. The molecule has 4 atom stereocenters. The van der Waals surface area contributed by atoms with Gasteiger partial charge in [-0.25, -0.2) is 4.79 Å². The highest BCUT2D eigenvalue weighted by atomic mass is 16.5. The van der Waals surface area contributed by atoms with Gasteiger partial charge in [-0.05, 0) is 64.8 Å². The average molecular weight is 456 g/mol. The highest BCUT2D eigenvalue weighted by Crippen LogP contribution is 2.46. The number of fused-ring (bicyclic) bond motifs is 3. The summed E-state index contributed by atoms with van der Waals surface area (Å²) in [7, 11) is 0. The van der Waals surface area contributed by atoms with Crippen molar-refractivity contribution in [3.05, 3.63) is 95.6 Å². The second-order valence-electron chi connectivity index (χ2n) is 9.80. The third kappa shape index (κ3) is 4.74. The zero-order valence-electron chi connectivity index (χ0n) is 19.7. The fraction of sp³-hybridized carbons (Fsp3) is 0.367. The number of hydrogen-bond acceptors (Lipinski definition) is 3. The van der Waals surface area contributed by atoms with Crippen LogP contribution in [-0.2, 0) is 11.2 Å². The van der Waals surface area contributed by atoms with Gasteiger partial charge in [0.15, 0.2) is 0 Å². The number of carbonyl (C=O) groups excluding carboxylic acids is 1. The Morgan fingerprint density at radius 1 is 0.971 bits per heavy atom. The van der Waals surface area contributed by atoms with Gasteiger partial charge < -0.3 is 15.2 Å². The molecule has 3 aromatic carbocycles. The second kappa shape index (κ2) is 10.0. The first-order valence-electron chi connectivity index (χ1n) is 12.4. The molecule has 176 valence electrons. The summed E-state index contributed by atoms with van der Waals surface area (Å²) in [4.78, 5) is 13.0. The highest BCUT2D eigenvalue weighted by molar-refractivity contribution is 5.79. The maximum atomic E-state index is 13.0. The Morgan fingerprint density at radius 2 is 1.59 bits per heavy atom. The molecule has 1 amide bonds. The molecule has 4 nitrogen and oxygen atoms in total. The number of carbonyl (C=O) groups is 1. The molecule has 0 spiro atoms. The summed E-state index contributed by atoms with van der Waals surface area (Å²) in [6, 6.07) is 27.2. The zero-order valence-corrected chi connectivity index (χ0v) is 19.7.